The number of hydrogen-bond donors (Lipinski definition) is 1. The van der Waals surface area contributed by atoms with E-state index in [2.05, 4.69) is 10.3 Å². The van der Waals surface area contributed by atoms with Gasteiger partial charge in [-0.15, -0.1) is 0 Å². The number of rotatable bonds is 4. The highest BCUT2D eigenvalue weighted by Crippen LogP contribution is 2.32. The van der Waals surface area contributed by atoms with Gasteiger partial charge in [-0.05, 0) is 25.3 Å². The van der Waals surface area contributed by atoms with Crippen LogP contribution in [0.3, 0.4) is 0 Å². The highest BCUT2D eigenvalue weighted by atomic mass is 19.4. The van der Waals surface area contributed by atoms with Crippen molar-refractivity contribution in [3.05, 3.63) is 17.7 Å². The summed E-state index contributed by atoms with van der Waals surface area (Å²) in [6.45, 7) is 0.892. The molecule has 0 radical (unpaired) electrons. The van der Waals surface area contributed by atoms with Gasteiger partial charge >= 0.3 is 6.18 Å². The molecule has 0 bridgehead atoms. The zero-order valence-corrected chi connectivity index (χ0v) is 11.2. The van der Waals surface area contributed by atoms with Crippen LogP contribution in [0.5, 0.6) is 5.88 Å². The van der Waals surface area contributed by atoms with Crippen LogP contribution in [0.4, 0.5) is 19.0 Å². The maximum absolute atomic E-state index is 12.7. The third-order valence-corrected chi connectivity index (χ3v) is 3.08. The lowest BCUT2D eigenvalue weighted by Gasteiger charge is -2.22. The molecule has 0 amide bonds. The molecule has 1 N–H and O–H groups in total. The van der Waals surface area contributed by atoms with Crippen LogP contribution in [0.2, 0.25) is 0 Å². The van der Waals surface area contributed by atoms with Crippen LogP contribution in [-0.2, 0) is 10.9 Å². The van der Waals surface area contributed by atoms with Crippen LogP contribution in [-0.4, -0.2) is 31.3 Å². The second kappa shape index (κ2) is 6.30. The first-order chi connectivity index (χ1) is 9.49. The van der Waals surface area contributed by atoms with E-state index in [-0.39, 0.29) is 24.4 Å². The molecule has 0 saturated carbocycles. The van der Waals surface area contributed by atoms with Gasteiger partial charge < -0.3 is 14.8 Å². The smallest absolute Gasteiger partial charge is 0.416 e. The van der Waals surface area contributed by atoms with E-state index in [0.29, 0.717) is 6.61 Å². The highest BCUT2D eigenvalue weighted by molar-refractivity contribution is 5.42. The van der Waals surface area contributed by atoms with Crippen LogP contribution in [0.25, 0.3) is 0 Å². The molecule has 2 rings (SSSR count). The molecule has 1 atom stereocenters. The summed E-state index contributed by atoms with van der Waals surface area (Å²) < 4.78 is 49.0. The Bertz CT molecular complexity index is 446. The summed E-state index contributed by atoms with van der Waals surface area (Å²) in [5.41, 5.74) is -0.781. The minimum atomic E-state index is -4.42. The van der Waals surface area contributed by atoms with E-state index in [1.165, 1.54) is 7.05 Å². The number of alkyl halides is 3. The quantitative estimate of drug-likeness (QED) is 0.925. The van der Waals surface area contributed by atoms with Crippen molar-refractivity contribution in [3.63, 3.8) is 0 Å². The second-order valence-electron chi connectivity index (χ2n) is 4.63. The average molecular weight is 290 g/mol. The van der Waals surface area contributed by atoms with Gasteiger partial charge in [0.25, 0.3) is 0 Å². The Balaban J connectivity index is 2.06. The minimum absolute atomic E-state index is 0.0432. The SMILES string of the molecule is CNc1cc(C(F)(F)F)cc(OCC2CCCCO2)n1. The third-order valence-electron chi connectivity index (χ3n) is 3.08. The largest absolute Gasteiger partial charge is 0.475 e. The summed E-state index contributed by atoms with van der Waals surface area (Å²) in [6.07, 6.45) is -1.57. The fourth-order valence-corrected chi connectivity index (χ4v) is 1.99. The van der Waals surface area contributed by atoms with E-state index in [1.807, 2.05) is 0 Å². The standard InChI is InChI=1S/C13H17F3N2O2/c1-17-11-6-9(13(14,15)16)7-12(18-11)20-8-10-4-2-3-5-19-10/h6-7,10H,2-5,8H2,1H3,(H,17,18). The van der Waals surface area contributed by atoms with E-state index in [1.54, 1.807) is 0 Å². The zero-order valence-electron chi connectivity index (χ0n) is 11.2. The number of anilines is 1. The molecule has 1 aromatic rings. The molecule has 112 valence electrons. The van der Waals surface area contributed by atoms with Gasteiger partial charge in [0.05, 0.1) is 11.7 Å². The Kier molecular flexibility index (Phi) is 4.69. The van der Waals surface area contributed by atoms with Crippen molar-refractivity contribution < 1.29 is 22.6 Å². The number of pyridine rings is 1. The molecular formula is C13H17F3N2O2. The van der Waals surface area contributed by atoms with Gasteiger partial charge in [-0.1, -0.05) is 0 Å². The average Bonchev–Trinajstić information content (AvgIpc) is 2.45. The number of hydrogen-bond acceptors (Lipinski definition) is 4. The molecule has 1 fully saturated rings. The lowest BCUT2D eigenvalue weighted by Crippen LogP contribution is -2.26. The normalized spacial score (nSPS) is 19.7. The van der Waals surface area contributed by atoms with Gasteiger partial charge in [0.2, 0.25) is 5.88 Å². The molecule has 7 heteroatoms. The summed E-state index contributed by atoms with van der Waals surface area (Å²) in [7, 11) is 1.51. The first-order valence-electron chi connectivity index (χ1n) is 6.50. The number of nitrogens with zero attached hydrogens (tertiary/aromatic N) is 1. The highest BCUT2D eigenvalue weighted by Gasteiger charge is 2.32. The predicted octanol–water partition coefficient (Wildman–Crippen LogP) is 3.09. The van der Waals surface area contributed by atoms with Crippen molar-refractivity contribution in [1.82, 2.24) is 4.98 Å². The van der Waals surface area contributed by atoms with Crippen LogP contribution < -0.4 is 10.1 Å². The van der Waals surface area contributed by atoms with Crippen LogP contribution in [0.1, 0.15) is 24.8 Å². The number of aromatic nitrogens is 1. The van der Waals surface area contributed by atoms with Crippen LogP contribution >= 0.6 is 0 Å². The van der Waals surface area contributed by atoms with E-state index in [0.717, 1.165) is 31.4 Å². The molecule has 1 aromatic heterocycles. The molecule has 0 aromatic carbocycles. The second-order valence-corrected chi connectivity index (χ2v) is 4.63. The van der Waals surface area contributed by atoms with Crippen molar-refractivity contribution in [1.29, 1.82) is 0 Å². The lowest BCUT2D eigenvalue weighted by molar-refractivity contribution is -0.137. The minimum Gasteiger partial charge on any atom is -0.475 e. The van der Waals surface area contributed by atoms with E-state index in [4.69, 9.17) is 9.47 Å². The number of ether oxygens (including phenoxy) is 2. The van der Waals surface area contributed by atoms with Gasteiger partial charge in [0.15, 0.2) is 0 Å². The maximum Gasteiger partial charge on any atom is 0.416 e. The Morgan fingerprint density at radius 2 is 2.20 bits per heavy atom. The van der Waals surface area contributed by atoms with Gasteiger partial charge in [-0.3, -0.25) is 0 Å². The molecule has 1 saturated heterocycles. The molecule has 0 aliphatic carbocycles. The Hall–Kier alpha value is -1.50. The molecule has 0 spiro atoms. The zero-order chi connectivity index (χ0) is 14.6. The summed E-state index contributed by atoms with van der Waals surface area (Å²) >= 11 is 0. The van der Waals surface area contributed by atoms with Crippen molar-refractivity contribution >= 4 is 5.82 Å². The molecule has 4 nitrogen and oxygen atoms in total. The topological polar surface area (TPSA) is 43.4 Å². The van der Waals surface area contributed by atoms with Gasteiger partial charge in [-0.2, -0.15) is 18.2 Å². The summed E-state index contributed by atoms with van der Waals surface area (Å²) in [5, 5.41) is 2.60. The first-order valence-corrected chi connectivity index (χ1v) is 6.50. The first kappa shape index (κ1) is 14.9. The van der Waals surface area contributed by atoms with Gasteiger partial charge in [-0.25, -0.2) is 0 Å². The monoisotopic (exact) mass is 290 g/mol. The maximum atomic E-state index is 12.7. The van der Waals surface area contributed by atoms with Crippen molar-refractivity contribution in [2.24, 2.45) is 0 Å². The Labute approximate surface area is 115 Å². The Morgan fingerprint density at radius 3 is 2.80 bits per heavy atom. The van der Waals surface area contributed by atoms with E-state index < -0.39 is 11.7 Å². The summed E-state index contributed by atoms with van der Waals surface area (Å²) in [6, 6.07) is 1.85. The lowest BCUT2D eigenvalue weighted by atomic mass is 10.1. The Morgan fingerprint density at radius 1 is 1.40 bits per heavy atom. The van der Waals surface area contributed by atoms with Gasteiger partial charge in [0.1, 0.15) is 12.4 Å². The van der Waals surface area contributed by atoms with Crippen LogP contribution in [0.15, 0.2) is 12.1 Å². The van der Waals surface area contributed by atoms with E-state index >= 15 is 0 Å². The summed E-state index contributed by atoms with van der Waals surface area (Å²) in [5.74, 6) is 0.0812. The van der Waals surface area contributed by atoms with Crippen molar-refractivity contribution in [2.75, 3.05) is 25.6 Å². The summed E-state index contributed by atoms with van der Waals surface area (Å²) in [4.78, 5) is 3.96. The van der Waals surface area contributed by atoms with Crippen molar-refractivity contribution in [2.45, 2.75) is 31.5 Å². The number of halogens is 3. The molecule has 20 heavy (non-hydrogen) atoms. The molecule has 1 aliphatic heterocycles. The molecule has 1 aliphatic rings. The number of nitrogens with one attached hydrogen (secondary N) is 1. The fourth-order valence-electron chi connectivity index (χ4n) is 1.99. The van der Waals surface area contributed by atoms with Crippen LogP contribution in [0, 0.1) is 0 Å². The predicted molar refractivity (Wildman–Crippen MR) is 67.9 cm³/mol. The molecular weight excluding hydrogens is 273 g/mol. The fraction of sp³-hybridized carbons (Fsp3) is 0.615. The molecule has 2 heterocycles. The third kappa shape index (κ3) is 4.00. The van der Waals surface area contributed by atoms with E-state index in [9.17, 15) is 13.2 Å². The van der Waals surface area contributed by atoms with Crippen molar-refractivity contribution in [3.8, 4) is 5.88 Å². The van der Waals surface area contributed by atoms with Gasteiger partial charge in [0, 0.05) is 19.7 Å². The molecule has 1 unspecified atom stereocenters.